The molecule has 1 aromatic carbocycles. The molecule has 2 nitrogen and oxygen atoms in total. The third-order valence-electron chi connectivity index (χ3n) is 4.38. The summed E-state index contributed by atoms with van der Waals surface area (Å²) in [4.78, 5) is 2.48. The lowest BCUT2D eigenvalue weighted by Gasteiger charge is -2.31. The van der Waals surface area contributed by atoms with E-state index in [1.54, 1.807) is 0 Å². The van der Waals surface area contributed by atoms with Crippen LogP contribution in [0.15, 0.2) is 24.3 Å². The van der Waals surface area contributed by atoms with Gasteiger partial charge in [-0.05, 0) is 37.3 Å². The summed E-state index contributed by atoms with van der Waals surface area (Å²) in [6.07, 6.45) is 3.93. The first kappa shape index (κ1) is 11.1. The third-order valence-corrected chi connectivity index (χ3v) is 4.38. The zero-order valence-electron chi connectivity index (χ0n) is 10.5. The lowest BCUT2D eigenvalue weighted by Crippen LogP contribution is -2.33. The van der Waals surface area contributed by atoms with Gasteiger partial charge in [0.05, 0.1) is 6.10 Å². The van der Waals surface area contributed by atoms with Crippen LogP contribution < -0.4 is 4.90 Å². The van der Waals surface area contributed by atoms with Gasteiger partial charge in [0.25, 0.3) is 0 Å². The van der Waals surface area contributed by atoms with Gasteiger partial charge in [0, 0.05) is 24.7 Å². The van der Waals surface area contributed by atoms with Gasteiger partial charge in [0.1, 0.15) is 0 Å². The molecule has 2 aliphatic rings. The van der Waals surface area contributed by atoms with E-state index in [0.717, 1.165) is 12.5 Å². The van der Waals surface area contributed by atoms with E-state index < -0.39 is 0 Å². The Morgan fingerprint density at radius 1 is 1.35 bits per heavy atom. The molecule has 0 bridgehead atoms. The van der Waals surface area contributed by atoms with Gasteiger partial charge in [-0.15, -0.1) is 0 Å². The van der Waals surface area contributed by atoms with E-state index in [-0.39, 0.29) is 6.10 Å². The number of para-hydroxylation sites is 1. The molecule has 1 heterocycles. The van der Waals surface area contributed by atoms with Crippen LogP contribution in [0.4, 0.5) is 5.69 Å². The Kier molecular flexibility index (Phi) is 2.83. The van der Waals surface area contributed by atoms with Crippen molar-refractivity contribution in [2.24, 2.45) is 5.92 Å². The van der Waals surface area contributed by atoms with Crippen molar-refractivity contribution in [2.45, 2.75) is 38.2 Å². The van der Waals surface area contributed by atoms with Crippen molar-refractivity contribution < 1.29 is 5.11 Å². The lowest BCUT2D eigenvalue weighted by molar-refractivity contribution is 0.166. The predicted octanol–water partition coefficient (Wildman–Crippen LogP) is 2.77. The molecule has 2 atom stereocenters. The summed E-state index contributed by atoms with van der Waals surface area (Å²) in [6, 6.07) is 8.57. The highest BCUT2D eigenvalue weighted by atomic mass is 16.3. The van der Waals surface area contributed by atoms with Gasteiger partial charge >= 0.3 is 0 Å². The van der Waals surface area contributed by atoms with Crippen LogP contribution >= 0.6 is 0 Å². The summed E-state index contributed by atoms with van der Waals surface area (Å²) >= 11 is 0. The maximum Gasteiger partial charge on any atom is 0.0598 e. The number of nitrogens with zero attached hydrogens (tertiary/aromatic N) is 1. The fourth-order valence-corrected chi connectivity index (χ4v) is 3.10. The van der Waals surface area contributed by atoms with Crippen LogP contribution in [0.2, 0.25) is 0 Å². The maximum atomic E-state index is 9.90. The molecule has 3 rings (SSSR count). The molecule has 1 aliphatic heterocycles. The number of aliphatic hydroxyl groups is 1. The van der Waals surface area contributed by atoms with Crippen LogP contribution in [0.25, 0.3) is 0 Å². The first-order valence-electron chi connectivity index (χ1n) is 6.77. The standard InChI is InChI=1S/C15H21NO/c1-11(17)14-10-16(9-12-5-4-6-12)15-8-3-2-7-13(14)15/h2-3,7-8,11-12,14,17H,4-6,9-10H2,1H3. The van der Waals surface area contributed by atoms with Gasteiger partial charge in [-0.25, -0.2) is 0 Å². The summed E-state index contributed by atoms with van der Waals surface area (Å²) in [6.45, 7) is 4.09. The van der Waals surface area contributed by atoms with E-state index in [9.17, 15) is 5.11 Å². The molecule has 1 N–H and O–H groups in total. The van der Waals surface area contributed by atoms with Gasteiger partial charge < -0.3 is 10.0 Å². The van der Waals surface area contributed by atoms with E-state index in [0.29, 0.717) is 5.92 Å². The molecule has 2 heteroatoms. The van der Waals surface area contributed by atoms with Crippen molar-refractivity contribution in [3.05, 3.63) is 29.8 Å². The fraction of sp³-hybridized carbons (Fsp3) is 0.600. The molecule has 2 unspecified atom stereocenters. The molecular weight excluding hydrogens is 210 g/mol. The largest absolute Gasteiger partial charge is 0.393 e. The fourth-order valence-electron chi connectivity index (χ4n) is 3.10. The van der Waals surface area contributed by atoms with Crippen LogP contribution in [-0.4, -0.2) is 24.3 Å². The molecule has 1 aliphatic carbocycles. The summed E-state index contributed by atoms with van der Waals surface area (Å²) in [5.41, 5.74) is 2.69. The smallest absolute Gasteiger partial charge is 0.0598 e. The highest BCUT2D eigenvalue weighted by Crippen LogP contribution is 2.40. The molecule has 0 aromatic heterocycles. The molecule has 1 fully saturated rings. The van der Waals surface area contributed by atoms with Gasteiger partial charge in [0.2, 0.25) is 0 Å². The van der Waals surface area contributed by atoms with Gasteiger partial charge in [-0.1, -0.05) is 24.6 Å². The minimum Gasteiger partial charge on any atom is -0.393 e. The first-order valence-corrected chi connectivity index (χ1v) is 6.77. The number of hydrogen-bond acceptors (Lipinski definition) is 2. The SMILES string of the molecule is CC(O)C1CN(CC2CCC2)c2ccccc21. The highest BCUT2D eigenvalue weighted by molar-refractivity contribution is 5.60. The Bertz CT molecular complexity index is 398. The predicted molar refractivity (Wildman–Crippen MR) is 70.4 cm³/mol. The summed E-state index contributed by atoms with van der Waals surface area (Å²) in [5.74, 6) is 1.18. The number of benzene rings is 1. The van der Waals surface area contributed by atoms with Crippen LogP contribution in [0.3, 0.4) is 0 Å². The average Bonchev–Trinajstić information content (AvgIpc) is 2.63. The molecule has 0 saturated heterocycles. The summed E-state index contributed by atoms with van der Waals surface area (Å²) in [5, 5.41) is 9.90. The topological polar surface area (TPSA) is 23.5 Å². The van der Waals surface area contributed by atoms with Crippen molar-refractivity contribution in [2.75, 3.05) is 18.0 Å². The van der Waals surface area contributed by atoms with Crippen molar-refractivity contribution in [1.29, 1.82) is 0 Å². The Morgan fingerprint density at radius 2 is 2.12 bits per heavy atom. The van der Waals surface area contributed by atoms with Gasteiger partial charge in [0.15, 0.2) is 0 Å². The van der Waals surface area contributed by atoms with Gasteiger partial charge in [-0.2, -0.15) is 0 Å². The minimum absolute atomic E-state index is 0.248. The number of fused-ring (bicyclic) bond motifs is 1. The number of hydrogen-bond donors (Lipinski definition) is 1. The quantitative estimate of drug-likeness (QED) is 0.864. The molecular formula is C15H21NO. The lowest BCUT2D eigenvalue weighted by atomic mass is 9.85. The van der Waals surface area contributed by atoms with Crippen LogP contribution in [0.5, 0.6) is 0 Å². The van der Waals surface area contributed by atoms with E-state index in [1.807, 2.05) is 6.92 Å². The molecule has 17 heavy (non-hydrogen) atoms. The van der Waals surface area contributed by atoms with E-state index >= 15 is 0 Å². The molecule has 1 saturated carbocycles. The van der Waals surface area contributed by atoms with Crippen molar-refractivity contribution in [3.63, 3.8) is 0 Å². The van der Waals surface area contributed by atoms with E-state index in [4.69, 9.17) is 0 Å². The zero-order chi connectivity index (χ0) is 11.8. The molecule has 0 radical (unpaired) electrons. The van der Waals surface area contributed by atoms with Crippen molar-refractivity contribution in [1.82, 2.24) is 0 Å². The zero-order valence-corrected chi connectivity index (χ0v) is 10.5. The Labute approximate surface area is 103 Å². The molecule has 0 spiro atoms. The number of aliphatic hydroxyl groups excluding tert-OH is 1. The Morgan fingerprint density at radius 3 is 2.76 bits per heavy atom. The maximum absolute atomic E-state index is 9.90. The second kappa shape index (κ2) is 4.34. The summed E-state index contributed by atoms with van der Waals surface area (Å²) < 4.78 is 0. The molecule has 1 aromatic rings. The van der Waals surface area contributed by atoms with Crippen LogP contribution in [0, 0.1) is 5.92 Å². The number of anilines is 1. The third kappa shape index (κ3) is 1.95. The Hall–Kier alpha value is -1.02. The monoisotopic (exact) mass is 231 g/mol. The normalized spacial score (nSPS) is 25.5. The average molecular weight is 231 g/mol. The second-order valence-corrected chi connectivity index (χ2v) is 5.61. The summed E-state index contributed by atoms with van der Waals surface area (Å²) in [7, 11) is 0. The van der Waals surface area contributed by atoms with E-state index in [2.05, 4.69) is 29.2 Å². The highest BCUT2D eigenvalue weighted by Gasteiger charge is 2.33. The van der Waals surface area contributed by atoms with Crippen molar-refractivity contribution in [3.8, 4) is 0 Å². The van der Waals surface area contributed by atoms with E-state index in [1.165, 1.54) is 37.1 Å². The van der Waals surface area contributed by atoms with Crippen molar-refractivity contribution >= 4 is 5.69 Å². The minimum atomic E-state index is -0.248. The Balaban J connectivity index is 1.82. The van der Waals surface area contributed by atoms with Gasteiger partial charge in [-0.3, -0.25) is 0 Å². The number of rotatable bonds is 3. The van der Waals surface area contributed by atoms with Crippen LogP contribution in [-0.2, 0) is 0 Å². The first-order chi connectivity index (χ1) is 8.25. The molecule has 0 amide bonds. The van der Waals surface area contributed by atoms with Crippen LogP contribution in [0.1, 0.15) is 37.7 Å². The molecule has 92 valence electrons. The second-order valence-electron chi connectivity index (χ2n) is 5.61.